The Morgan fingerprint density at radius 1 is 1.11 bits per heavy atom. The molecule has 3 aromatic rings. The number of nitrogens with one attached hydrogen (secondary N) is 1. The zero-order valence-corrected chi connectivity index (χ0v) is 16.7. The summed E-state index contributed by atoms with van der Waals surface area (Å²) < 4.78 is 27.2. The van der Waals surface area contributed by atoms with E-state index in [0.29, 0.717) is 48.8 Å². The lowest BCUT2D eigenvalue weighted by molar-refractivity contribution is 0.179. The maximum absolute atomic E-state index is 12.5. The van der Waals surface area contributed by atoms with Crippen LogP contribution in [0.1, 0.15) is 11.4 Å². The summed E-state index contributed by atoms with van der Waals surface area (Å²) in [5.74, 6) is 0.608. The Morgan fingerprint density at radius 3 is 2.61 bits per heavy atom. The van der Waals surface area contributed by atoms with Crippen LogP contribution in [0.25, 0.3) is 16.3 Å². The lowest BCUT2D eigenvalue weighted by Gasteiger charge is -2.32. The van der Waals surface area contributed by atoms with Gasteiger partial charge in [-0.3, -0.25) is 9.69 Å². The number of hydrogen-bond donors (Lipinski definition) is 1. The van der Waals surface area contributed by atoms with Gasteiger partial charge in [-0.25, -0.2) is 13.4 Å². The van der Waals surface area contributed by atoms with Crippen molar-refractivity contribution in [1.82, 2.24) is 19.2 Å². The van der Waals surface area contributed by atoms with Gasteiger partial charge >= 0.3 is 0 Å². The average Bonchev–Trinajstić information content (AvgIpc) is 3.17. The first-order valence-electron chi connectivity index (χ1n) is 8.93. The second-order valence-electron chi connectivity index (χ2n) is 6.58. The molecule has 1 fully saturated rings. The quantitative estimate of drug-likeness (QED) is 0.688. The van der Waals surface area contributed by atoms with Crippen LogP contribution in [0.5, 0.6) is 0 Å². The van der Waals surface area contributed by atoms with Crippen LogP contribution in [-0.2, 0) is 16.6 Å². The van der Waals surface area contributed by atoms with Crippen molar-refractivity contribution in [3.05, 3.63) is 68.9 Å². The first kappa shape index (κ1) is 19.0. The van der Waals surface area contributed by atoms with Crippen molar-refractivity contribution < 1.29 is 8.42 Å². The summed E-state index contributed by atoms with van der Waals surface area (Å²) in [5.41, 5.74) is 1.43. The van der Waals surface area contributed by atoms with E-state index in [-0.39, 0.29) is 5.56 Å². The van der Waals surface area contributed by atoms with Crippen LogP contribution in [0.3, 0.4) is 0 Å². The number of rotatable bonds is 5. The van der Waals surface area contributed by atoms with Crippen LogP contribution < -0.4 is 5.56 Å². The van der Waals surface area contributed by atoms with E-state index in [4.69, 9.17) is 0 Å². The summed E-state index contributed by atoms with van der Waals surface area (Å²) in [6.07, 6.45) is 1.62. The fourth-order valence-corrected chi connectivity index (χ4v) is 5.06. The number of aromatic nitrogens is 2. The summed E-state index contributed by atoms with van der Waals surface area (Å²) >= 11 is 1.38. The monoisotopic (exact) mass is 416 g/mol. The van der Waals surface area contributed by atoms with Crippen LogP contribution >= 0.6 is 11.3 Å². The molecule has 1 aromatic carbocycles. The predicted octanol–water partition coefficient (Wildman–Crippen LogP) is 2.10. The number of sulfonamides is 1. The average molecular weight is 417 g/mol. The molecule has 0 aliphatic carbocycles. The van der Waals surface area contributed by atoms with Crippen LogP contribution in [0.15, 0.2) is 52.0 Å². The minimum absolute atomic E-state index is 0.123. The molecule has 1 saturated heterocycles. The van der Waals surface area contributed by atoms with Gasteiger partial charge in [-0.15, -0.1) is 11.3 Å². The molecule has 0 amide bonds. The van der Waals surface area contributed by atoms with Gasteiger partial charge in [-0.05, 0) is 23.1 Å². The summed E-state index contributed by atoms with van der Waals surface area (Å²) in [7, 11) is -3.45. The fourth-order valence-electron chi connectivity index (χ4n) is 3.17. The van der Waals surface area contributed by atoms with E-state index in [1.807, 2.05) is 41.8 Å². The molecule has 0 spiro atoms. The maximum Gasteiger partial charge on any atom is 0.268 e. The van der Waals surface area contributed by atoms with E-state index in [1.165, 1.54) is 21.1 Å². The molecule has 4 rings (SSSR count). The highest BCUT2D eigenvalue weighted by Gasteiger charge is 2.25. The van der Waals surface area contributed by atoms with Crippen LogP contribution in [0.4, 0.5) is 0 Å². The normalized spacial score (nSPS) is 16.9. The van der Waals surface area contributed by atoms with Gasteiger partial charge in [0.15, 0.2) is 0 Å². The Hall–Kier alpha value is -2.33. The van der Waals surface area contributed by atoms with E-state index >= 15 is 0 Å². The largest absolute Gasteiger partial charge is 0.308 e. The number of hydrogen-bond acceptors (Lipinski definition) is 6. The molecular formula is C19H20N4O3S2. The van der Waals surface area contributed by atoms with Gasteiger partial charge in [0.1, 0.15) is 10.5 Å². The Balaban J connectivity index is 1.38. The molecule has 146 valence electrons. The third-order valence-corrected chi connectivity index (χ3v) is 7.13. The van der Waals surface area contributed by atoms with E-state index in [1.54, 1.807) is 6.08 Å². The Kier molecular flexibility index (Phi) is 5.40. The lowest BCUT2D eigenvalue weighted by Crippen LogP contribution is -2.47. The number of fused-ring (bicyclic) bond motifs is 1. The molecule has 0 radical (unpaired) electrons. The van der Waals surface area contributed by atoms with Gasteiger partial charge in [0.2, 0.25) is 10.0 Å². The van der Waals surface area contributed by atoms with Crippen molar-refractivity contribution in [1.29, 1.82) is 0 Å². The summed E-state index contributed by atoms with van der Waals surface area (Å²) in [5, 5.41) is 3.12. The molecule has 0 saturated carbocycles. The highest BCUT2D eigenvalue weighted by molar-refractivity contribution is 7.92. The van der Waals surface area contributed by atoms with Crippen molar-refractivity contribution in [2.24, 2.45) is 0 Å². The molecule has 7 nitrogen and oxygen atoms in total. The molecule has 0 unspecified atom stereocenters. The third kappa shape index (κ3) is 4.22. The van der Waals surface area contributed by atoms with E-state index in [2.05, 4.69) is 14.9 Å². The molecule has 2 aromatic heterocycles. The van der Waals surface area contributed by atoms with Crippen LogP contribution in [0.2, 0.25) is 0 Å². The van der Waals surface area contributed by atoms with Crippen LogP contribution in [0, 0.1) is 0 Å². The molecule has 1 aliphatic rings. The van der Waals surface area contributed by atoms with Crippen molar-refractivity contribution in [2.75, 3.05) is 26.2 Å². The van der Waals surface area contributed by atoms with Gasteiger partial charge in [-0.1, -0.05) is 30.3 Å². The highest BCUT2D eigenvalue weighted by Crippen LogP contribution is 2.16. The molecule has 3 heterocycles. The van der Waals surface area contributed by atoms with E-state index in [9.17, 15) is 13.2 Å². The Labute approximate surface area is 167 Å². The second kappa shape index (κ2) is 7.96. The second-order valence-corrected chi connectivity index (χ2v) is 9.32. The van der Waals surface area contributed by atoms with E-state index in [0.717, 1.165) is 5.56 Å². The zero-order valence-electron chi connectivity index (χ0n) is 15.1. The van der Waals surface area contributed by atoms with Crippen molar-refractivity contribution >= 4 is 37.7 Å². The number of H-pyrrole nitrogens is 1. The molecule has 1 N–H and O–H groups in total. The third-order valence-electron chi connectivity index (χ3n) is 4.66. The summed E-state index contributed by atoms with van der Waals surface area (Å²) in [4.78, 5) is 21.5. The first-order valence-corrected chi connectivity index (χ1v) is 11.3. The number of nitrogens with zero attached hydrogens (tertiary/aromatic N) is 3. The first-order chi connectivity index (χ1) is 13.5. The topological polar surface area (TPSA) is 86.4 Å². The van der Waals surface area contributed by atoms with E-state index < -0.39 is 10.0 Å². The smallest absolute Gasteiger partial charge is 0.268 e. The van der Waals surface area contributed by atoms with Crippen LogP contribution in [-0.4, -0.2) is 53.8 Å². The fraction of sp³-hybridized carbons (Fsp3) is 0.263. The molecule has 0 bridgehead atoms. The van der Waals surface area contributed by atoms with Gasteiger partial charge < -0.3 is 4.98 Å². The van der Waals surface area contributed by atoms with Gasteiger partial charge in [0.25, 0.3) is 5.56 Å². The standard InChI is InChI=1S/C19H20N4O3S2/c24-19-18-16(6-12-27-18)20-17(21-19)14-22-8-10-23(11-9-22)28(25,26)13-7-15-4-2-1-3-5-15/h1-7,12-13H,8-11,14H2,(H,20,21,24)/b13-7+. The van der Waals surface area contributed by atoms with Gasteiger partial charge in [0.05, 0.1) is 12.1 Å². The minimum Gasteiger partial charge on any atom is -0.308 e. The number of benzene rings is 1. The summed E-state index contributed by atoms with van der Waals surface area (Å²) in [6, 6.07) is 11.2. The molecular weight excluding hydrogens is 396 g/mol. The van der Waals surface area contributed by atoms with Gasteiger partial charge in [0, 0.05) is 31.6 Å². The minimum atomic E-state index is -3.45. The SMILES string of the molecule is O=c1[nH]c(CN2CCN(S(=O)(=O)/C=C/c3ccccc3)CC2)nc2ccsc12. The zero-order chi connectivity index (χ0) is 19.6. The highest BCUT2D eigenvalue weighted by atomic mass is 32.2. The van der Waals surface area contributed by atoms with Crippen molar-refractivity contribution in [2.45, 2.75) is 6.54 Å². The molecule has 28 heavy (non-hydrogen) atoms. The number of aromatic amines is 1. The molecule has 9 heteroatoms. The number of thiophene rings is 1. The number of piperazine rings is 1. The molecule has 1 aliphatic heterocycles. The van der Waals surface area contributed by atoms with Crippen molar-refractivity contribution in [3.8, 4) is 0 Å². The maximum atomic E-state index is 12.5. The Bertz CT molecular complexity index is 1140. The summed E-state index contributed by atoms with van der Waals surface area (Å²) in [6.45, 7) is 2.49. The predicted molar refractivity (Wildman–Crippen MR) is 111 cm³/mol. The molecule has 0 atom stereocenters. The van der Waals surface area contributed by atoms with Gasteiger partial charge in [-0.2, -0.15) is 4.31 Å². The lowest BCUT2D eigenvalue weighted by atomic mass is 10.2. The Morgan fingerprint density at radius 2 is 1.86 bits per heavy atom. The van der Waals surface area contributed by atoms with Crippen molar-refractivity contribution in [3.63, 3.8) is 0 Å².